The van der Waals surface area contributed by atoms with Crippen molar-refractivity contribution in [3.05, 3.63) is 96.1 Å². The number of hydrogen-bond acceptors (Lipinski definition) is 8. The third kappa shape index (κ3) is 4.30. The van der Waals surface area contributed by atoms with Crippen LogP contribution in [0.25, 0.3) is 0 Å². The number of benzene rings is 2. The summed E-state index contributed by atoms with van der Waals surface area (Å²) in [5.41, 5.74) is 1.02. The predicted octanol–water partition coefficient (Wildman–Crippen LogP) is 2.59. The zero-order chi connectivity index (χ0) is 23.8. The summed E-state index contributed by atoms with van der Waals surface area (Å²) in [5.74, 6) is -0.740. The monoisotopic (exact) mass is 474 g/mol. The summed E-state index contributed by atoms with van der Waals surface area (Å²) in [6.07, 6.45) is 6.27. The van der Waals surface area contributed by atoms with E-state index in [1.165, 1.54) is 0 Å². The summed E-state index contributed by atoms with van der Waals surface area (Å²) >= 11 is 0. The van der Waals surface area contributed by atoms with E-state index in [-0.39, 0.29) is 36.2 Å². The van der Waals surface area contributed by atoms with E-state index in [1.54, 1.807) is 24.3 Å². The van der Waals surface area contributed by atoms with E-state index >= 15 is 0 Å². The van der Waals surface area contributed by atoms with E-state index < -0.39 is 12.2 Å². The van der Waals surface area contributed by atoms with Crippen LogP contribution < -0.4 is 0 Å². The van der Waals surface area contributed by atoms with E-state index in [0.717, 1.165) is 0 Å². The maximum Gasteiger partial charge on any atom is 0.338 e. The third-order valence-corrected chi connectivity index (χ3v) is 6.90. The number of carbonyl (C=O) groups is 2. The van der Waals surface area contributed by atoms with Gasteiger partial charge in [-0.05, 0) is 36.4 Å². The first-order chi connectivity index (χ1) is 17.2. The van der Waals surface area contributed by atoms with Gasteiger partial charge in [-0.25, -0.2) is 9.59 Å². The molecule has 0 saturated carbocycles. The van der Waals surface area contributed by atoms with Crippen LogP contribution in [0.3, 0.4) is 0 Å². The molecule has 8 atom stereocenters. The fourth-order valence-electron chi connectivity index (χ4n) is 5.20. The van der Waals surface area contributed by atoms with Crippen LogP contribution in [0.15, 0.2) is 85.0 Å². The van der Waals surface area contributed by atoms with Crippen molar-refractivity contribution in [1.82, 2.24) is 9.80 Å². The van der Waals surface area contributed by atoms with E-state index in [1.807, 2.05) is 60.7 Å². The Morgan fingerprint density at radius 1 is 0.657 bits per heavy atom. The molecule has 2 aromatic carbocycles. The van der Waals surface area contributed by atoms with Gasteiger partial charge in [0, 0.05) is 0 Å². The Balaban J connectivity index is 1.17. The van der Waals surface area contributed by atoms with Gasteiger partial charge in [0.25, 0.3) is 0 Å². The minimum atomic E-state index is -0.462. The molecule has 0 radical (unpaired) electrons. The van der Waals surface area contributed by atoms with E-state index in [9.17, 15) is 9.59 Å². The fourth-order valence-corrected chi connectivity index (χ4v) is 5.20. The molecule has 180 valence electrons. The van der Waals surface area contributed by atoms with Crippen LogP contribution in [0, 0.1) is 0 Å². The molecule has 4 aliphatic rings. The Labute approximate surface area is 203 Å². The first kappa shape index (κ1) is 22.2. The highest BCUT2D eigenvalue weighted by molar-refractivity contribution is 5.90. The summed E-state index contributed by atoms with van der Waals surface area (Å²) in [4.78, 5) is 29.7. The molecule has 2 aromatic rings. The first-order valence-corrected chi connectivity index (χ1v) is 11.8. The Morgan fingerprint density at radius 2 is 1.09 bits per heavy atom. The Hall–Kier alpha value is -3.30. The molecule has 2 saturated heterocycles. The highest BCUT2D eigenvalue weighted by atomic mass is 16.6. The highest BCUT2D eigenvalue weighted by Gasteiger charge is 2.49. The second kappa shape index (κ2) is 9.39. The first-order valence-electron chi connectivity index (χ1n) is 11.8. The summed E-state index contributed by atoms with van der Waals surface area (Å²) in [5, 5.41) is 0. The van der Waals surface area contributed by atoms with Gasteiger partial charge in [0.1, 0.15) is 25.7 Å². The molecule has 35 heavy (non-hydrogen) atoms. The van der Waals surface area contributed by atoms with E-state index in [2.05, 4.69) is 9.80 Å². The Morgan fingerprint density at radius 3 is 1.51 bits per heavy atom. The van der Waals surface area contributed by atoms with Crippen LogP contribution in [0.5, 0.6) is 0 Å². The van der Waals surface area contributed by atoms with Gasteiger partial charge in [-0.3, -0.25) is 9.80 Å². The predicted molar refractivity (Wildman–Crippen MR) is 125 cm³/mol. The average Bonchev–Trinajstić information content (AvgIpc) is 3.37. The minimum Gasteiger partial charge on any atom is -0.453 e. The number of nitrogens with zero attached hydrogens (tertiary/aromatic N) is 2. The standard InChI is InChI=1S/C27H26N2O6/c30-26(18-7-3-1-4-8-18)34-22-13-11-20-24(22)28-15-29(17-32-20)25-21(33-16-28)12-14-23(25)35-27(31)19-9-5-2-6-10-19/h1-14,20-25H,15-17H2/t20-,21-,22+,23+,24+,25+/m0/s1. The van der Waals surface area contributed by atoms with E-state index in [0.29, 0.717) is 31.3 Å². The lowest BCUT2D eigenvalue weighted by Crippen LogP contribution is -2.51. The second-order valence-corrected chi connectivity index (χ2v) is 9.06. The molecule has 8 nitrogen and oxygen atoms in total. The molecular formula is C27H26N2O6. The van der Waals surface area contributed by atoms with Crippen molar-refractivity contribution in [2.75, 3.05) is 20.1 Å². The molecule has 8 heteroatoms. The Kier molecular flexibility index (Phi) is 5.95. The van der Waals surface area contributed by atoms with Gasteiger partial charge in [0.05, 0.1) is 42.1 Å². The number of esters is 2. The number of rotatable bonds is 4. The maximum absolute atomic E-state index is 12.7. The zero-order valence-corrected chi connectivity index (χ0v) is 19.0. The quantitative estimate of drug-likeness (QED) is 0.495. The molecule has 2 fully saturated rings. The lowest BCUT2D eigenvalue weighted by atomic mass is 10.1. The molecule has 2 bridgehead atoms. The van der Waals surface area contributed by atoms with Crippen molar-refractivity contribution in [3.8, 4) is 0 Å². The molecule has 2 heterocycles. The van der Waals surface area contributed by atoms with Crippen LogP contribution in [0.1, 0.15) is 20.7 Å². The van der Waals surface area contributed by atoms with Crippen LogP contribution in [0.2, 0.25) is 0 Å². The van der Waals surface area contributed by atoms with Gasteiger partial charge in [0.2, 0.25) is 0 Å². The maximum atomic E-state index is 12.7. The number of ether oxygens (including phenoxy) is 4. The summed E-state index contributed by atoms with van der Waals surface area (Å²) < 4.78 is 24.2. The van der Waals surface area contributed by atoms with Gasteiger partial charge < -0.3 is 18.9 Å². The van der Waals surface area contributed by atoms with Gasteiger partial charge in [-0.2, -0.15) is 0 Å². The van der Waals surface area contributed by atoms with Crippen molar-refractivity contribution >= 4 is 11.9 Å². The molecule has 6 rings (SSSR count). The minimum absolute atomic E-state index is 0.208. The number of fused-ring (bicyclic) bond motifs is 6. The van der Waals surface area contributed by atoms with Crippen molar-refractivity contribution in [1.29, 1.82) is 0 Å². The highest BCUT2D eigenvalue weighted by Crippen LogP contribution is 2.34. The number of hydrogen-bond donors (Lipinski definition) is 0. The normalized spacial score (nSPS) is 34.9. The van der Waals surface area contributed by atoms with Crippen LogP contribution in [-0.2, 0) is 18.9 Å². The molecule has 0 aromatic heterocycles. The lowest BCUT2D eigenvalue weighted by molar-refractivity contribution is -0.0826. The molecule has 0 amide bonds. The zero-order valence-electron chi connectivity index (χ0n) is 19.0. The van der Waals surface area contributed by atoms with Crippen LogP contribution in [0.4, 0.5) is 0 Å². The largest absolute Gasteiger partial charge is 0.453 e. The molecule has 0 spiro atoms. The lowest BCUT2D eigenvalue weighted by Gasteiger charge is -2.33. The molecule has 2 aliphatic carbocycles. The summed E-state index contributed by atoms with van der Waals surface area (Å²) in [6.45, 7) is 1.21. The van der Waals surface area contributed by atoms with Crippen LogP contribution in [-0.4, -0.2) is 78.4 Å². The van der Waals surface area contributed by atoms with Crippen molar-refractivity contribution in [2.24, 2.45) is 0 Å². The van der Waals surface area contributed by atoms with Gasteiger partial charge in [-0.15, -0.1) is 0 Å². The van der Waals surface area contributed by atoms with Gasteiger partial charge >= 0.3 is 11.9 Å². The van der Waals surface area contributed by atoms with Crippen molar-refractivity contribution < 1.29 is 28.5 Å². The van der Waals surface area contributed by atoms with E-state index in [4.69, 9.17) is 18.9 Å². The summed E-state index contributed by atoms with van der Waals surface area (Å²) in [7, 11) is 0. The fraction of sp³-hybridized carbons (Fsp3) is 0.333. The molecular weight excluding hydrogens is 448 g/mol. The van der Waals surface area contributed by atoms with Crippen LogP contribution >= 0.6 is 0 Å². The molecule has 0 N–H and O–H groups in total. The number of carbonyl (C=O) groups excluding carboxylic acids is 2. The SMILES string of the molecule is O=C(O[C@@H]1C=C[C@@H]2OCN3CN(CO[C@H]4C=C[C@@H](OC(=O)c5ccccc5)[C@@H]43)[C@H]21)c1ccccc1. The topological polar surface area (TPSA) is 77.5 Å². The third-order valence-electron chi connectivity index (χ3n) is 6.90. The van der Waals surface area contributed by atoms with Gasteiger partial charge in [-0.1, -0.05) is 48.6 Å². The van der Waals surface area contributed by atoms with Gasteiger partial charge in [0.15, 0.2) is 0 Å². The smallest absolute Gasteiger partial charge is 0.338 e. The van der Waals surface area contributed by atoms with Crippen molar-refractivity contribution in [2.45, 2.75) is 36.5 Å². The van der Waals surface area contributed by atoms with Crippen molar-refractivity contribution in [3.63, 3.8) is 0 Å². The summed E-state index contributed by atoms with van der Waals surface area (Å²) in [6, 6.07) is 17.5. The molecule has 2 aliphatic heterocycles. The Bertz CT molecular complexity index is 1050. The molecule has 2 unspecified atom stereocenters. The average molecular weight is 475 g/mol. The second-order valence-electron chi connectivity index (χ2n) is 9.06.